The van der Waals surface area contributed by atoms with Crippen LogP contribution in [0.2, 0.25) is 0 Å². The lowest BCUT2D eigenvalue weighted by molar-refractivity contribution is -0.128. The minimum Gasteiger partial charge on any atom is -0.342 e. The number of carbonyl (C=O) groups excluding carboxylic acids is 1. The van der Waals surface area contributed by atoms with Gasteiger partial charge in [-0.3, -0.25) is 19.6 Å². The van der Waals surface area contributed by atoms with Crippen molar-refractivity contribution in [2.75, 3.05) is 39.3 Å². The summed E-state index contributed by atoms with van der Waals surface area (Å²) in [4.78, 5) is 23.1. The van der Waals surface area contributed by atoms with Crippen molar-refractivity contribution in [3.63, 3.8) is 0 Å². The highest BCUT2D eigenvalue weighted by atomic mass is 16.2. The minimum absolute atomic E-state index is 0.211. The summed E-state index contributed by atoms with van der Waals surface area (Å²) >= 11 is 0. The zero-order valence-corrected chi connectivity index (χ0v) is 15.2. The molecule has 0 bridgehead atoms. The molecule has 3 heterocycles. The Morgan fingerprint density at radius 2 is 2.08 bits per heavy atom. The summed E-state index contributed by atoms with van der Waals surface area (Å²) < 4.78 is 0. The molecule has 1 aromatic rings. The largest absolute Gasteiger partial charge is 0.342 e. The van der Waals surface area contributed by atoms with Gasteiger partial charge in [0.2, 0.25) is 5.91 Å². The molecule has 1 aromatic heterocycles. The Morgan fingerprint density at radius 3 is 2.79 bits per heavy atom. The highest BCUT2D eigenvalue weighted by molar-refractivity contribution is 5.73. The van der Waals surface area contributed by atoms with Gasteiger partial charge in [-0.25, -0.2) is 0 Å². The fraction of sp³-hybridized carbons (Fsp3) is 0.684. The van der Waals surface area contributed by atoms with Crippen LogP contribution in [-0.2, 0) is 4.79 Å². The SMILES string of the molecule is CC(=O)N1CCCN([C@@H]2CN([C@@H](C)c3cccnc3)C[C@H]2C)CC1. The predicted octanol–water partition coefficient (Wildman–Crippen LogP) is 2.02. The summed E-state index contributed by atoms with van der Waals surface area (Å²) in [6.45, 7) is 12.5. The van der Waals surface area contributed by atoms with E-state index in [1.807, 2.05) is 23.4 Å². The summed E-state index contributed by atoms with van der Waals surface area (Å²) in [6.07, 6.45) is 4.91. The Balaban J connectivity index is 1.62. The molecule has 2 aliphatic rings. The fourth-order valence-electron chi connectivity index (χ4n) is 4.20. The van der Waals surface area contributed by atoms with Gasteiger partial charge in [-0.1, -0.05) is 13.0 Å². The molecule has 0 spiro atoms. The molecule has 5 nitrogen and oxygen atoms in total. The standard InChI is InChI=1S/C19H30N4O/c1-15-13-23(16(2)18-6-4-7-20-12-18)14-19(15)22-9-5-8-21(10-11-22)17(3)24/h4,6-7,12,15-16,19H,5,8-11,13-14H2,1-3H3/t15-,16+,19-/m1/s1. The average Bonchev–Trinajstić information content (AvgIpc) is 2.82. The van der Waals surface area contributed by atoms with Crippen LogP contribution < -0.4 is 0 Å². The van der Waals surface area contributed by atoms with E-state index in [9.17, 15) is 4.79 Å². The number of likely N-dealkylation sites (tertiary alicyclic amines) is 1. The fourth-order valence-corrected chi connectivity index (χ4v) is 4.20. The highest BCUT2D eigenvalue weighted by Gasteiger charge is 2.36. The quantitative estimate of drug-likeness (QED) is 0.850. The highest BCUT2D eigenvalue weighted by Crippen LogP contribution is 2.30. The van der Waals surface area contributed by atoms with E-state index in [4.69, 9.17) is 0 Å². The maximum atomic E-state index is 11.6. The second-order valence-corrected chi connectivity index (χ2v) is 7.36. The number of amides is 1. The maximum absolute atomic E-state index is 11.6. The number of carbonyl (C=O) groups is 1. The molecule has 2 aliphatic heterocycles. The van der Waals surface area contributed by atoms with Gasteiger partial charge in [0.1, 0.15) is 0 Å². The molecule has 132 valence electrons. The first-order valence-electron chi connectivity index (χ1n) is 9.20. The molecular weight excluding hydrogens is 300 g/mol. The Labute approximate surface area is 145 Å². The Bertz CT molecular complexity index is 550. The van der Waals surface area contributed by atoms with E-state index in [0.717, 1.165) is 45.7 Å². The third kappa shape index (κ3) is 3.78. The van der Waals surface area contributed by atoms with Crippen molar-refractivity contribution in [1.82, 2.24) is 19.7 Å². The van der Waals surface area contributed by atoms with E-state index in [1.54, 1.807) is 6.92 Å². The summed E-state index contributed by atoms with van der Waals surface area (Å²) in [6, 6.07) is 5.20. The first-order valence-corrected chi connectivity index (χ1v) is 9.20. The molecule has 0 saturated carbocycles. The van der Waals surface area contributed by atoms with Crippen molar-refractivity contribution in [2.45, 2.75) is 39.3 Å². The average molecular weight is 330 g/mol. The van der Waals surface area contributed by atoms with E-state index < -0.39 is 0 Å². The van der Waals surface area contributed by atoms with Crippen molar-refractivity contribution in [3.05, 3.63) is 30.1 Å². The molecular formula is C19H30N4O. The van der Waals surface area contributed by atoms with Gasteiger partial charge in [-0.15, -0.1) is 0 Å². The minimum atomic E-state index is 0.211. The van der Waals surface area contributed by atoms with Crippen LogP contribution in [-0.4, -0.2) is 70.9 Å². The van der Waals surface area contributed by atoms with Gasteiger partial charge < -0.3 is 4.90 Å². The van der Waals surface area contributed by atoms with Crippen LogP contribution in [0.3, 0.4) is 0 Å². The van der Waals surface area contributed by atoms with Crippen molar-refractivity contribution in [2.24, 2.45) is 5.92 Å². The van der Waals surface area contributed by atoms with Gasteiger partial charge in [-0.05, 0) is 30.9 Å². The molecule has 3 rings (SSSR count). The zero-order valence-electron chi connectivity index (χ0n) is 15.2. The van der Waals surface area contributed by atoms with E-state index in [2.05, 4.69) is 34.7 Å². The molecule has 0 N–H and O–H groups in total. The molecule has 24 heavy (non-hydrogen) atoms. The molecule has 3 atom stereocenters. The van der Waals surface area contributed by atoms with Crippen LogP contribution in [0.4, 0.5) is 0 Å². The van der Waals surface area contributed by atoms with Crippen LogP contribution in [0.15, 0.2) is 24.5 Å². The number of nitrogens with zero attached hydrogens (tertiary/aromatic N) is 4. The zero-order chi connectivity index (χ0) is 17.1. The number of hydrogen-bond acceptors (Lipinski definition) is 4. The number of rotatable bonds is 3. The molecule has 0 aromatic carbocycles. The second kappa shape index (κ2) is 7.62. The summed E-state index contributed by atoms with van der Waals surface area (Å²) in [5.41, 5.74) is 1.30. The summed E-state index contributed by atoms with van der Waals surface area (Å²) in [5.74, 6) is 0.871. The van der Waals surface area contributed by atoms with Gasteiger partial charge in [-0.2, -0.15) is 0 Å². The molecule has 0 unspecified atom stereocenters. The lowest BCUT2D eigenvalue weighted by Crippen LogP contribution is -2.43. The smallest absolute Gasteiger partial charge is 0.219 e. The second-order valence-electron chi connectivity index (χ2n) is 7.36. The van der Waals surface area contributed by atoms with Crippen molar-refractivity contribution >= 4 is 5.91 Å². The third-order valence-electron chi connectivity index (χ3n) is 5.76. The predicted molar refractivity (Wildman–Crippen MR) is 95.6 cm³/mol. The molecule has 0 radical (unpaired) electrons. The number of hydrogen-bond donors (Lipinski definition) is 0. The topological polar surface area (TPSA) is 39.7 Å². The Hall–Kier alpha value is -1.46. The van der Waals surface area contributed by atoms with E-state index in [1.165, 1.54) is 5.56 Å². The third-order valence-corrected chi connectivity index (χ3v) is 5.76. The monoisotopic (exact) mass is 330 g/mol. The van der Waals surface area contributed by atoms with E-state index >= 15 is 0 Å². The van der Waals surface area contributed by atoms with Crippen LogP contribution >= 0.6 is 0 Å². The van der Waals surface area contributed by atoms with Crippen molar-refractivity contribution < 1.29 is 4.79 Å². The normalized spacial score (nSPS) is 27.9. The molecule has 2 fully saturated rings. The molecule has 0 aliphatic carbocycles. The molecule has 5 heteroatoms. The Morgan fingerprint density at radius 1 is 1.25 bits per heavy atom. The number of pyridine rings is 1. The first kappa shape index (κ1) is 17.4. The number of aromatic nitrogens is 1. The molecule has 1 amide bonds. The van der Waals surface area contributed by atoms with Crippen LogP contribution in [0.5, 0.6) is 0 Å². The lowest BCUT2D eigenvalue weighted by atomic mass is 10.0. The van der Waals surface area contributed by atoms with Crippen LogP contribution in [0.25, 0.3) is 0 Å². The Kier molecular flexibility index (Phi) is 5.51. The van der Waals surface area contributed by atoms with Gasteiger partial charge in [0.25, 0.3) is 0 Å². The van der Waals surface area contributed by atoms with Crippen molar-refractivity contribution in [3.8, 4) is 0 Å². The molecule has 2 saturated heterocycles. The summed E-state index contributed by atoms with van der Waals surface area (Å²) in [5, 5.41) is 0. The first-order chi connectivity index (χ1) is 11.6. The van der Waals surface area contributed by atoms with Crippen molar-refractivity contribution in [1.29, 1.82) is 0 Å². The lowest BCUT2D eigenvalue weighted by Gasteiger charge is -2.30. The van der Waals surface area contributed by atoms with E-state index in [0.29, 0.717) is 18.0 Å². The van der Waals surface area contributed by atoms with E-state index in [-0.39, 0.29) is 5.91 Å². The maximum Gasteiger partial charge on any atom is 0.219 e. The van der Waals surface area contributed by atoms with Crippen LogP contribution in [0, 0.1) is 5.92 Å². The van der Waals surface area contributed by atoms with Crippen LogP contribution in [0.1, 0.15) is 38.8 Å². The van der Waals surface area contributed by atoms with Gasteiger partial charge in [0.15, 0.2) is 0 Å². The van der Waals surface area contributed by atoms with Gasteiger partial charge in [0.05, 0.1) is 0 Å². The van der Waals surface area contributed by atoms with Gasteiger partial charge in [0, 0.05) is 70.7 Å². The summed E-state index contributed by atoms with van der Waals surface area (Å²) in [7, 11) is 0. The van der Waals surface area contributed by atoms with Gasteiger partial charge >= 0.3 is 0 Å².